The molecule has 3 aromatic rings. The zero-order valence-electron chi connectivity index (χ0n) is 15.6. The molecule has 2 aromatic heterocycles. The Labute approximate surface area is 177 Å². The predicted octanol–water partition coefficient (Wildman–Crippen LogP) is 6.06. The van der Waals surface area contributed by atoms with Gasteiger partial charge in [0.1, 0.15) is 17.7 Å². The van der Waals surface area contributed by atoms with E-state index in [1.165, 1.54) is 29.7 Å². The Hall–Kier alpha value is -2.54. The molecule has 2 N–H and O–H groups in total. The van der Waals surface area contributed by atoms with Crippen molar-refractivity contribution in [2.75, 3.05) is 0 Å². The Balaban J connectivity index is 1.96. The summed E-state index contributed by atoms with van der Waals surface area (Å²) in [6, 6.07) is 10.3. The highest BCUT2D eigenvalue weighted by Crippen LogP contribution is 2.34. The second-order valence-corrected chi connectivity index (χ2v) is 8.17. The van der Waals surface area contributed by atoms with Crippen molar-refractivity contribution in [3.63, 3.8) is 0 Å². The van der Waals surface area contributed by atoms with Gasteiger partial charge in [-0.15, -0.1) is 11.3 Å². The molecule has 0 saturated heterocycles. The third-order valence-electron chi connectivity index (χ3n) is 4.40. The summed E-state index contributed by atoms with van der Waals surface area (Å²) in [6.45, 7) is 5.89. The lowest BCUT2D eigenvalue weighted by Gasteiger charge is -2.19. The minimum Gasteiger partial charge on any atom is -0.384 e. The summed E-state index contributed by atoms with van der Waals surface area (Å²) >= 11 is 7.43. The van der Waals surface area contributed by atoms with Gasteiger partial charge in [0.05, 0.1) is 10.4 Å². The number of pyridine rings is 1. The van der Waals surface area contributed by atoms with Gasteiger partial charge in [0, 0.05) is 46.2 Å². The minimum atomic E-state index is -1.10. The van der Waals surface area contributed by atoms with Gasteiger partial charge < -0.3 is 10.4 Å². The van der Waals surface area contributed by atoms with E-state index in [9.17, 15) is 13.9 Å². The van der Waals surface area contributed by atoms with Crippen LogP contribution < -0.4 is 5.32 Å². The van der Waals surface area contributed by atoms with Crippen LogP contribution in [0.3, 0.4) is 0 Å². The molecule has 2 heterocycles. The zero-order chi connectivity index (χ0) is 21.0. The smallest absolute Gasteiger partial charge is 0.134 e. The predicted molar refractivity (Wildman–Crippen MR) is 114 cm³/mol. The third-order valence-corrected chi connectivity index (χ3v) is 5.81. The van der Waals surface area contributed by atoms with Crippen LogP contribution in [-0.4, -0.2) is 10.1 Å². The maximum Gasteiger partial charge on any atom is 0.134 e. The van der Waals surface area contributed by atoms with Crippen molar-refractivity contribution in [2.24, 2.45) is 0 Å². The van der Waals surface area contributed by atoms with E-state index < -0.39 is 17.7 Å². The summed E-state index contributed by atoms with van der Waals surface area (Å²) in [7, 11) is 0. The Morgan fingerprint density at radius 2 is 2.07 bits per heavy atom. The molecule has 0 saturated carbocycles. The van der Waals surface area contributed by atoms with Gasteiger partial charge in [0.25, 0.3) is 0 Å². The van der Waals surface area contributed by atoms with Gasteiger partial charge in [-0.2, -0.15) is 0 Å². The second-order valence-electron chi connectivity index (χ2n) is 6.43. The number of aliphatic hydroxyl groups is 1. The molecule has 0 bridgehead atoms. The van der Waals surface area contributed by atoms with Crippen LogP contribution in [0.5, 0.6) is 0 Å². The van der Waals surface area contributed by atoms with Crippen molar-refractivity contribution >= 4 is 28.5 Å². The molecule has 0 amide bonds. The van der Waals surface area contributed by atoms with Crippen LogP contribution in [0.4, 0.5) is 8.78 Å². The van der Waals surface area contributed by atoms with Crippen molar-refractivity contribution < 1.29 is 13.9 Å². The summed E-state index contributed by atoms with van der Waals surface area (Å²) in [4.78, 5) is 4.98. The molecule has 0 fully saturated rings. The molecule has 3 nitrogen and oxygen atoms in total. The van der Waals surface area contributed by atoms with Crippen LogP contribution in [0.25, 0.3) is 5.57 Å². The average molecular weight is 433 g/mol. The molecule has 3 rings (SSSR count). The Kier molecular flexibility index (Phi) is 6.79. The van der Waals surface area contributed by atoms with E-state index in [4.69, 9.17) is 11.6 Å². The highest BCUT2D eigenvalue weighted by atomic mass is 35.5. The molecule has 0 spiro atoms. The lowest BCUT2D eigenvalue weighted by molar-refractivity contribution is 0.221. The van der Waals surface area contributed by atoms with Crippen LogP contribution in [-0.2, 0) is 0 Å². The van der Waals surface area contributed by atoms with E-state index in [1.807, 2.05) is 13.0 Å². The molecule has 0 radical (unpaired) electrons. The molecule has 29 heavy (non-hydrogen) atoms. The van der Waals surface area contributed by atoms with Gasteiger partial charge in [-0.1, -0.05) is 24.2 Å². The van der Waals surface area contributed by atoms with Gasteiger partial charge in [-0.3, -0.25) is 4.98 Å². The molecular formula is C22H19ClF2N2OS. The van der Waals surface area contributed by atoms with E-state index in [-0.39, 0.29) is 17.2 Å². The van der Waals surface area contributed by atoms with Crippen molar-refractivity contribution in [2.45, 2.75) is 19.1 Å². The van der Waals surface area contributed by atoms with Crippen LogP contribution >= 0.6 is 22.9 Å². The van der Waals surface area contributed by atoms with Gasteiger partial charge in [-0.25, -0.2) is 8.78 Å². The fraction of sp³-hybridized carbons (Fsp3) is 0.136. The first-order valence-corrected chi connectivity index (χ1v) is 10.00. The number of aromatic nitrogens is 1. The topological polar surface area (TPSA) is 45.1 Å². The fourth-order valence-corrected chi connectivity index (χ4v) is 3.86. The number of thiophene rings is 1. The van der Waals surface area contributed by atoms with Gasteiger partial charge in [0.2, 0.25) is 0 Å². The van der Waals surface area contributed by atoms with Crippen LogP contribution in [0.2, 0.25) is 4.34 Å². The number of benzene rings is 1. The van der Waals surface area contributed by atoms with Gasteiger partial charge >= 0.3 is 0 Å². The summed E-state index contributed by atoms with van der Waals surface area (Å²) < 4.78 is 28.6. The Bertz CT molecular complexity index is 1040. The fourth-order valence-electron chi connectivity index (χ4n) is 2.79. The number of hydrogen-bond donors (Lipinski definition) is 2. The maximum atomic E-state index is 14.5. The lowest BCUT2D eigenvalue weighted by Crippen LogP contribution is -2.13. The number of aliphatic hydroxyl groups excluding tert-OH is 1. The Morgan fingerprint density at radius 1 is 1.28 bits per heavy atom. The molecule has 0 aliphatic heterocycles. The van der Waals surface area contributed by atoms with Crippen LogP contribution in [0.1, 0.15) is 35.1 Å². The van der Waals surface area contributed by atoms with Crippen molar-refractivity contribution in [1.82, 2.24) is 10.3 Å². The first kappa shape index (κ1) is 21.2. The van der Waals surface area contributed by atoms with E-state index in [0.29, 0.717) is 15.5 Å². The van der Waals surface area contributed by atoms with Crippen LogP contribution in [0.15, 0.2) is 73.2 Å². The first-order chi connectivity index (χ1) is 13.9. The number of halogens is 3. The van der Waals surface area contributed by atoms with Gasteiger partial charge in [0.15, 0.2) is 0 Å². The monoisotopic (exact) mass is 432 g/mol. The molecule has 0 aliphatic rings. The molecule has 150 valence electrons. The second kappa shape index (κ2) is 9.31. The number of hydrogen-bond acceptors (Lipinski definition) is 4. The Morgan fingerprint density at radius 3 is 2.69 bits per heavy atom. The highest BCUT2D eigenvalue weighted by molar-refractivity contribution is 7.16. The molecular weight excluding hydrogens is 414 g/mol. The van der Waals surface area contributed by atoms with Gasteiger partial charge in [-0.05, 0) is 42.8 Å². The normalized spacial score (nSPS) is 13.8. The van der Waals surface area contributed by atoms with Crippen LogP contribution in [0, 0.1) is 11.6 Å². The highest BCUT2D eigenvalue weighted by Gasteiger charge is 2.20. The molecule has 1 aromatic carbocycles. The average Bonchev–Trinajstić information content (AvgIpc) is 3.15. The third kappa shape index (κ3) is 5.09. The first-order valence-electron chi connectivity index (χ1n) is 8.81. The van der Waals surface area contributed by atoms with Crippen molar-refractivity contribution in [3.05, 3.63) is 105 Å². The SMILES string of the molecule is C=C(/C(=C\NC(C)c1ccc(Cl)s1)c1ccc(F)cc1F)C(O)c1cccnc1. The lowest BCUT2D eigenvalue weighted by atomic mass is 9.92. The zero-order valence-corrected chi connectivity index (χ0v) is 17.1. The number of nitrogens with zero attached hydrogens (tertiary/aromatic N) is 1. The largest absolute Gasteiger partial charge is 0.384 e. The number of rotatable bonds is 7. The minimum absolute atomic E-state index is 0.116. The van der Waals surface area contributed by atoms with E-state index >= 15 is 0 Å². The van der Waals surface area contributed by atoms with E-state index in [2.05, 4.69) is 16.9 Å². The maximum absolute atomic E-state index is 14.5. The standard InChI is InChI=1S/C22H19ClF2N2OS/c1-13(22(28)15-4-3-9-26-11-15)18(17-6-5-16(24)10-19(17)25)12-27-14(2)20-7-8-21(23)29-20/h3-12,14,22,27-28H,1H2,2H3/b18-12+. The van der Waals surface area contributed by atoms with Crippen molar-refractivity contribution in [1.29, 1.82) is 0 Å². The number of nitrogens with one attached hydrogen (secondary N) is 1. The molecule has 7 heteroatoms. The quantitative estimate of drug-likeness (QED) is 0.446. The van der Waals surface area contributed by atoms with Crippen molar-refractivity contribution in [3.8, 4) is 0 Å². The summed E-state index contributed by atoms with van der Waals surface area (Å²) in [6.07, 6.45) is 3.58. The molecule has 2 unspecified atom stereocenters. The molecule has 0 aliphatic carbocycles. The summed E-state index contributed by atoms with van der Waals surface area (Å²) in [5.41, 5.74) is 1.23. The summed E-state index contributed by atoms with van der Waals surface area (Å²) in [5.74, 6) is -1.43. The van der Waals surface area contributed by atoms with E-state index in [0.717, 1.165) is 10.9 Å². The summed E-state index contributed by atoms with van der Waals surface area (Å²) in [5, 5.41) is 13.9. The molecule has 2 atom stereocenters. The van der Waals surface area contributed by atoms with E-state index in [1.54, 1.807) is 30.6 Å².